The van der Waals surface area contributed by atoms with Gasteiger partial charge in [-0.25, -0.2) is 18.3 Å². The Morgan fingerprint density at radius 2 is 2.05 bits per heavy atom. The molecule has 0 spiro atoms. The minimum absolute atomic E-state index is 0.246. The van der Waals surface area contributed by atoms with Gasteiger partial charge in [-0.1, -0.05) is 0 Å². The van der Waals surface area contributed by atoms with Gasteiger partial charge in [0.2, 0.25) is 0 Å². The fraction of sp³-hybridized carbons (Fsp3) is 0.500. The van der Waals surface area contributed by atoms with Crippen LogP contribution < -0.4 is 10.9 Å². The fourth-order valence-corrected chi connectivity index (χ4v) is 2.44. The lowest BCUT2D eigenvalue weighted by atomic mass is 9.98. The normalized spacial score (nSPS) is 17.4. The van der Waals surface area contributed by atoms with Crippen LogP contribution in [-0.4, -0.2) is 27.7 Å². The first-order valence-corrected chi connectivity index (χ1v) is 6.26. The molecule has 2 N–H and O–H groups in total. The van der Waals surface area contributed by atoms with Crippen molar-refractivity contribution in [1.82, 2.24) is 19.9 Å². The monoisotopic (exact) mass is 268 g/mol. The molecular formula is C12H14F2N4O. The quantitative estimate of drug-likeness (QED) is 0.866. The van der Waals surface area contributed by atoms with Crippen LogP contribution in [0.4, 0.5) is 8.78 Å². The standard InChI is InChI=1S/C12H14F2N4O/c13-11(14)8-5-9-16-12(7-1-3-15-4-2-7)17-18(9)10(19)6-8/h5-7,11,15H,1-4H2,(H,16,17). The van der Waals surface area contributed by atoms with E-state index in [1.54, 1.807) is 0 Å². The van der Waals surface area contributed by atoms with E-state index in [0.717, 1.165) is 32.0 Å². The molecule has 0 unspecified atom stereocenters. The topological polar surface area (TPSA) is 62.2 Å². The summed E-state index contributed by atoms with van der Waals surface area (Å²) < 4.78 is 26.5. The number of fused-ring (bicyclic) bond motifs is 1. The number of alkyl halides is 2. The summed E-state index contributed by atoms with van der Waals surface area (Å²) >= 11 is 0. The van der Waals surface area contributed by atoms with E-state index in [2.05, 4.69) is 15.4 Å². The summed E-state index contributed by atoms with van der Waals surface area (Å²) in [7, 11) is 0. The van der Waals surface area contributed by atoms with Crippen LogP contribution in [0.25, 0.3) is 5.65 Å². The average Bonchev–Trinajstić information content (AvgIpc) is 2.84. The van der Waals surface area contributed by atoms with Crippen molar-refractivity contribution in [2.75, 3.05) is 13.1 Å². The molecule has 7 heteroatoms. The summed E-state index contributed by atoms with van der Waals surface area (Å²) in [6, 6.07) is 2.20. The molecule has 3 heterocycles. The number of pyridine rings is 1. The Bertz CT molecular complexity index is 643. The fourth-order valence-electron chi connectivity index (χ4n) is 2.44. The van der Waals surface area contributed by atoms with Crippen molar-refractivity contribution in [2.24, 2.45) is 0 Å². The summed E-state index contributed by atoms with van der Waals surface area (Å²) in [6.07, 6.45) is -0.802. The van der Waals surface area contributed by atoms with E-state index in [1.165, 1.54) is 10.6 Å². The van der Waals surface area contributed by atoms with Gasteiger partial charge in [0.1, 0.15) is 5.82 Å². The summed E-state index contributed by atoms with van der Waals surface area (Å²) in [5.41, 5.74) is -0.523. The molecule has 2 aromatic heterocycles. The summed E-state index contributed by atoms with van der Waals surface area (Å²) in [5.74, 6) is 0.945. The first kappa shape index (κ1) is 12.3. The maximum atomic E-state index is 12.6. The second kappa shape index (κ2) is 4.73. The number of halogens is 2. The molecular weight excluding hydrogens is 254 g/mol. The number of aromatic amines is 1. The number of nitrogens with one attached hydrogen (secondary N) is 2. The van der Waals surface area contributed by atoms with Crippen LogP contribution in [0.3, 0.4) is 0 Å². The minimum atomic E-state index is -2.66. The van der Waals surface area contributed by atoms with Crippen LogP contribution in [0, 0.1) is 0 Å². The van der Waals surface area contributed by atoms with Gasteiger partial charge in [-0.2, -0.15) is 0 Å². The van der Waals surface area contributed by atoms with Gasteiger partial charge in [0.15, 0.2) is 5.65 Å². The van der Waals surface area contributed by atoms with Gasteiger partial charge in [0.05, 0.1) is 0 Å². The van der Waals surface area contributed by atoms with E-state index >= 15 is 0 Å². The summed E-state index contributed by atoms with van der Waals surface area (Å²) in [4.78, 5) is 16.0. The molecule has 2 aromatic rings. The minimum Gasteiger partial charge on any atom is -0.317 e. The maximum absolute atomic E-state index is 12.6. The predicted octanol–water partition coefficient (Wildman–Crippen LogP) is 1.43. The van der Waals surface area contributed by atoms with Crippen molar-refractivity contribution in [3.63, 3.8) is 0 Å². The van der Waals surface area contributed by atoms with Gasteiger partial charge < -0.3 is 5.32 Å². The zero-order valence-electron chi connectivity index (χ0n) is 10.2. The molecule has 0 aromatic carbocycles. The van der Waals surface area contributed by atoms with E-state index in [4.69, 9.17) is 0 Å². The largest absolute Gasteiger partial charge is 0.317 e. The lowest BCUT2D eigenvalue weighted by Crippen LogP contribution is -2.27. The van der Waals surface area contributed by atoms with E-state index in [-0.39, 0.29) is 17.1 Å². The lowest BCUT2D eigenvalue weighted by Gasteiger charge is -2.19. The summed E-state index contributed by atoms with van der Waals surface area (Å²) in [6.45, 7) is 1.80. The third-order valence-corrected chi connectivity index (χ3v) is 3.47. The van der Waals surface area contributed by atoms with Crippen molar-refractivity contribution in [3.05, 3.63) is 33.9 Å². The molecule has 19 heavy (non-hydrogen) atoms. The molecule has 0 saturated carbocycles. The number of hydrogen-bond acceptors (Lipinski definition) is 3. The highest BCUT2D eigenvalue weighted by molar-refractivity contribution is 5.41. The van der Waals surface area contributed by atoms with Crippen molar-refractivity contribution >= 4 is 5.65 Å². The van der Waals surface area contributed by atoms with Crippen LogP contribution in [-0.2, 0) is 0 Å². The molecule has 3 rings (SSSR count). The third-order valence-electron chi connectivity index (χ3n) is 3.47. The molecule has 0 atom stereocenters. The number of hydrogen-bond donors (Lipinski definition) is 2. The molecule has 102 valence electrons. The molecule has 1 aliphatic heterocycles. The number of nitrogens with zero attached hydrogens (tertiary/aromatic N) is 2. The smallest absolute Gasteiger partial charge is 0.271 e. The molecule has 0 radical (unpaired) electrons. The van der Waals surface area contributed by atoms with Crippen LogP contribution in [0.15, 0.2) is 16.9 Å². The Morgan fingerprint density at radius 1 is 1.32 bits per heavy atom. The Kier molecular flexibility index (Phi) is 3.06. The summed E-state index contributed by atoms with van der Waals surface area (Å²) in [5, 5.41) is 6.16. The van der Waals surface area contributed by atoms with Gasteiger partial charge in [0.25, 0.3) is 12.0 Å². The zero-order valence-corrected chi connectivity index (χ0v) is 10.2. The second-order valence-corrected chi connectivity index (χ2v) is 4.75. The molecule has 0 bridgehead atoms. The van der Waals surface area contributed by atoms with Gasteiger partial charge in [0, 0.05) is 17.5 Å². The van der Waals surface area contributed by atoms with Crippen LogP contribution in [0.2, 0.25) is 0 Å². The number of H-pyrrole nitrogens is 1. The Balaban J connectivity index is 2.04. The van der Waals surface area contributed by atoms with Crippen LogP contribution >= 0.6 is 0 Å². The van der Waals surface area contributed by atoms with Gasteiger partial charge in [-0.05, 0) is 32.0 Å². The highest BCUT2D eigenvalue weighted by atomic mass is 19.3. The predicted molar refractivity (Wildman–Crippen MR) is 65.6 cm³/mol. The Hall–Kier alpha value is -1.76. The third kappa shape index (κ3) is 2.25. The SMILES string of the molecule is O=c1cc(C(F)F)cc2nc(C3CCNCC3)[nH]n12. The Morgan fingerprint density at radius 3 is 2.74 bits per heavy atom. The molecule has 5 nitrogen and oxygen atoms in total. The first-order valence-electron chi connectivity index (χ1n) is 6.26. The second-order valence-electron chi connectivity index (χ2n) is 4.75. The van der Waals surface area contributed by atoms with Crippen LogP contribution in [0.5, 0.6) is 0 Å². The number of rotatable bonds is 2. The maximum Gasteiger partial charge on any atom is 0.271 e. The Labute approximate surface area is 107 Å². The van der Waals surface area contributed by atoms with E-state index in [9.17, 15) is 13.6 Å². The molecule has 0 aliphatic carbocycles. The van der Waals surface area contributed by atoms with Crippen molar-refractivity contribution in [2.45, 2.75) is 25.2 Å². The first-order chi connectivity index (χ1) is 9.15. The van der Waals surface area contributed by atoms with E-state index in [1.807, 2.05) is 0 Å². The van der Waals surface area contributed by atoms with Gasteiger partial charge in [-0.15, -0.1) is 0 Å². The molecule has 1 aliphatic rings. The number of aromatic nitrogens is 3. The van der Waals surface area contributed by atoms with Crippen molar-refractivity contribution in [3.8, 4) is 0 Å². The van der Waals surface area contributed by atoms with Gasteiger partial charge >= 0.3 is 0 Å². The van der Waals surface area contributed by atoms with E-state index < -0.39 is 12.0 Å². The molecule has 1 fully saturated rings. The number of piperidine rings is 1. The highest BCUT2D eigenvalue weighted by Gasteiger charge is 2.20. The zero-order chi connectivity index (χ0) is 13.4. The van der Waals surface area contributed by atoms with Crippen molar-refractivity contribution in [1.29, 1.82) is 0 Å². The molecule has 1 saturated heterocycles. The molecule has 0 amide bonds. The van der Waals surface area contributed by atoms with Crippen molar-refractivity contribution < 1.29 is 8.78 Å². The average molecular weight is 268 g/mol. The van der Waals surface area contributed by atoms with Crippen LogP contribution in [0.1, 0.15) is 36.6 Å². The highest BCUT2D eigenvalue weighted by Crippen LogP contribution is 2.23. The van der Waals surface area contributed by atoms with Gasteiger partial charge in [-0.3, -0.25) is 9.89 Å². The van der Waals surface area contributed by atoms with E-state index in [0.29, 0.717) is 5.82 Å². The lowest BCUT2D eigenvalue weighted by molar-refractivity contribution is 0.151.